The minimum atomic E-state index is -3.41. The Kier molecular flexibility index (Phi) is 5.61. The second-order valence-electron chi connectivity index (χ2n) is 5.73. The van der Waals surface area contributed by atoms with Crippen LogP contribution < -0.4 is 10.5 Å². The summed E-state index contributed by atoms with van der Waals surface area (Å²) in [6.45, 7) is 3.96. The maximum atomic E-state index is 12.1. The van der Waals surface area contributed by atoms with Gasteiger partial charge in [-0.1, -0.05) is 38.3 Å². The highest BCUT2D eigenvalue weighted by Crippen LogP contribution is 2.29. The number of sulfonamides is 1. The summed E-state index contributed by atoms with van der Waals surface area (Å²) in [5.41, 5.74) is 4.82. The average Bonchev–Trinajstić information content (AvgIpc) is 2.36. The normalized spacial score (nSPS) is 20.7. The van der Waals surface area contributed by atoms with Gasteiger partial charge < -0.3 is 10.9 Å². The van der Waals surface area contributed by atoms with Crippen molar-refractivity contribution in [3.05, 3.63) is 0 Å². The van der Waals surface area contributed by atoms with E-state index in [1.807, 2.05) is 13.8 Å². The van der Waals surface area contributed by atoms with Crippen LogP contribution in [0.5, 0.6) is 0 Å². The molecule has 112 valence electrons. The lowest BCUT2D eigenvalue weighted by Crippen LogP contribution is -2.58. The maximum Gasteiger partial charge on any atom is 0.212 e. The highest BCUT2D eigenvalue weighted by molar-refractivity contribution is 7.89. The number of nitrogens with zero attached hydrogens (tertiary/aromatic N) is 1. The zero-order valence-corrected chi connectivity index (χ0v) is 12.5. The Morgan fingerprint density at radius 1 is 1.37 bits per heavy atom. The molecule has 0 radical (unpaired) electrons. The number of nitrogens with two attached hydrogens (primary N) is 1. The van der Waals surface area contributed by atoms with E-state index in [1.165, 1.54) is 0 Å². The lowest BCUT2D eigenvalue weighted by atomic mass is 9.82. The molecular weight excluding hydrogens is 266 g/mol. The minimum Gasteiger partial charge on any atom is -0.409 e. The highest BCUT2D eigenvalue weighted by Gasteiger charge is 2.40. The first-order chi connectivity index (χ1) is 8.81. The summed E-state index contributed by atoms with van der Waals surface area (Å²) in [4.78, 5) is 0. The summed E-state index contributed by atoms with van der Waals surface area (Å²) >= 11 is 0. The molecule has 1 aliphatic carbocycles. The van der Waals surface area contributed by atoms with Crippen molar-refractivity contribution >= 4 is 15.9 Å². The Hall–Kier alpha value is -0.820. The molecule has 6 nitrogen and oxygen atoms in total. The van der Waals surface area contributed by atoms with Gasteiger partial charge in [-0.05, 0) is 25.2 Å². The molecule has 0 amide bonds. The van der Waals surface area contributed by atoms with E-state index in [0.717, 1.165) is 19.3 Å². The molecule has 0 heterocycles. The third kappa shape index (κ3) is 4.65. The van der Waals surface area contributed by atoms with Gasteiger partial charge in [0.15, 0.2) is 5.84 Å². The van der Waals surface area contributed by atoms with Gasteiger partial charge in [-0.2, -0.15) is 0 Å². The number of oxime groups is 1. The smallest absolute Gasteiger partial charge is 0.212 e. The highest BCUT2D eigenvalue weighted by atomic mass is 32.2. The van der Waals surface area contributed by atoms with Gasteiger partial charge in [-0.15, -0.1) is 0 Å². The molecule has 0 spiro atoms. The SMILES string of the molecule is CC(C)CCS(=O)(=O)NC1(/C(N)=N/O)CCCCC1. The summed E-state index contributed by atoms with van der Waals surface area (Å²) in [7, 11) is -3.41. The van der Waals surface area contributed by atoms with Crippen LogP contribution in [0.15, 0.2) is 5.16 Å². The fourth-order valence-electron chi connectivity index (χ4n) is 2.40. The van der Waals surface area contributed by atoms with Crippen LogP contribution in [0.2, 0.25) is 0 Å². The fraction of sp³-hybridized carbons (Fsp3) is 0.917. The Labute approximate surface area is 115 Å². The third-order valence-corrected chi connectivity index (χ3v) is 5.09. The fourth-order valence-corrected chi connectivity index (χ4v) is 4.19. The standard InChI is InChI=1S/C12H25N3O3S/c1-10(2)6-9-19(17,18)15-12(11(13)14-16)7-4-3-5-8-12/h10,15-16H,3-9H2,1-2H3,(H2,13,14). The molecule has 0 aromatic heterocycles. The van der Waals surface area contributed by atoms with E-state index in [4.69, 9.17) is 10.9 Å². The van der Waals surface area contributed by atoms with E-state index >= 15 is 0 Å². The number of rotatable bonds is 6. The summed E-state index contributed by atoms with van der Waals surface area (Å²) < 4.78 is 26.9. The first-order valence-electron chi connectivity index (χ1n) is 6.81. The van der Waals surface area contributed by atoms with Gasteiger partial charge in [0.25, 0.3) is 0 Å². The summed E-state index contributed by atoms with van der Waals surface area (Å²) in [6, 6.07) is 0. The molecule has 1 rings (SSSR count). The maximum absolute atomic E-state index is 12.1. The van der Waals surface area contributed by atoms with Crippen molar-refractivity contribution in [2.75, 3.05) is 5.75 Å². The molecule has 0 aromatic rings. The van der Waals surface area contributed by atoms with Gasteiger partial charge in [0.1, 0.15) is 0 Å². The Bertz CT molecular complexity index is 412. The lowest BCUT2D eigenvalue weighted by molar-refractivity contribution is 0.293. The van der Waals surface area contributed by atoms with Crippen LogP contribution in [0.25, 0.3) is 0 Å². The summed E-state index contributed by atoms with van der Waals surface area (Å²) in [5, 5.41) is 11.9. The van der Waals surface area contributed by atoms with Crippen molar-refractivity contribution in [2.24, 2.45) is 16.8 Å². The minimum absolute atomic E-state index is 0.0275. The molecule has 0 atom stereocenters. The first kappa shape index (κ1) is 16.2. The molecular formula is C12H25N3O3S. The van der Waals surface area contributed by atoms with Crippen molar-refractivity contribution in [3.63, 3.8) is 0 Å². The van der Waals surface area contributed by atoms with E-state index in [-0.39, 0.29) is 11.6 Å². The van der Waals surface area contributed by atoms with Crippen LogP contribution in [0.1, 0.15) is 52.4 Å². The molecule has 0 aromatic carbocycles. The van der Waals surface area contributed by atoms with Crippen LogP contribution in [-0.2, 0) is 10.0 Å². The zero-order chi connectivity index (χ0) is 14.5. The van der Waals surface area contributed by atoms with Crippen molar-refractivity contribution in [1.82, 2.24) is 4.72 Å². The van der Waals surface area contributed by atoms with Crippen LogP contribution in [0.3, 0.4) is 0 Å². The Morgan fingerprint density at radius 2 is 1.95 bits per heavy atom. The van der Waals surface area contributed by atoms with Gasteiger partial charge in [-0.25, -0.2) is 13.1 Å². The Balaban J connectivity index is 2.83. The monoisotopic (exact) mass is 291 g/mol. The molecule has 0 bridgehead atoms. The van der Waals surface area contributed by atoms with Crippen LogP contribution in [-0.4, -0.2) is 30.8 Å². The molecule has 7 heteroatoms. The lowest BCUT2D eigenvalue weighted by Gasteiger charge is -2.36. The predicted octanol–water partition coefficient (Wildman–Crippen LogP) is 1.40. The average molecular weight is 291 g/mol. The van der Waals surface area contributed by atoms with E-state index in [1.54, 1.807) is 0 Å². The molecule has 19 heavy (non-hydrogen) atoms. The van der Waals surface area contributed by atoms with Gasteiger partial charge in [-0.3, -0.25) is 0 Å². The molecule has 1 fully saturated rings. The van der Waals surface area contributed by atoms with E-state index in [9.17, 15) is 8.42 Å². The van der Waals surface area contributed by atoms with Gasteiger partial charge in [0, 0.05) is 0 Å². The van der Waals surface area contributed by atoms with Crippen LogP contribution in [0, 0.1) is 5.92 Å². The van der Waals surface area contributed by atoms with E-state index in [2.05, 4.69) is 9.88 Å². The van der Waals surface area contributed by atoms with E-state index < -0.39 is 15.6 Å². The van der Waals surface area contributed by atoms with Crippen molar-refractivity contribution in [1.29, 1.82) is 0 Å². The summed E-state index contributed by atoms with van der Waals surface area (Å²) in [5.74, 6) is 0.369. The zero-order valence-electron chi connectivity index (χ0n) is 11.7. The molecule has 0 unspecified atom stereocenters. The first-order valence-corrected chi connectivity index (χ1v) is 8.46. The number of amidine groups is 1. The third-order valence-electron chi connectivity index (χ3n) is 3.62. The van der Waals surface area contributed by atoms with Crippen molar-refractivity contribution < 1.29 is 13.6 Å². The predicted molar refractivity (Wildman–Crippen MR) is 75.6 cm³/mol. The largest absolute Gasteiger partial charge is 0.409 e. The van der Waals surface area contributed by atoms with Gasteiger partial charge in [0.05, 0.1) is 11.3 Å². The Morgan fingerprint density at radius 3 is 2.42 bits per heavy atom. The molecule has 1 saturated carbocycles. The molecule has 1 aliphatic rings. The second-order valence-corrected chi connectivity index (χ2v) is 7.57. The number of hydrogen-bond acceptors (Lipinski definition) is 4. The van der Waals surface area contributed by atoms with Gasteiger partial charge >= 0.3 is 0 Å². The van der Waals surface area contributed by atoms with Crippen LogP contribution >= 0.6 is 0 Å². The molecule has 4 N–H and O–H groups in total. The second kappa shape index (κ2) is 6.56. The van der Waals surface area contributed by atoms with Gasteiger partial charge in [0.2, 0.25) is 10.0 Å². The van der Waals surface area contributed by atoms with Crippen LogP contribution in [0.4, 0.5) is 0 Å². The molecule has 0 aliphatic heterocycles. The van der Waals surface area contributed by atoms with E-state index in [0.29, 0.717) is 25.2 Å². The van der Waals surface area contributed by atoms with Crippen molar-refractivity contribution in [3.8, 4) is 0 Å². The number of nitrogens with one attached hydrogen (secondary N) is 1. The topological polar surface area (TPSA) is 105 Å². The number of hydrogen-bond donors (Lipinski definition) is 3. The quantitative estimate of drug-likeness (QED) is 0.298. The van der Waals surface area contributed by atoms with Crippen molar-refractivity contribution in [2.45, 2.75) is 57.9 Å². The molecule has 0 saturated heterocycles. The summed E-state index contributed by atoms with van der Waals surface area (Å²) in [6.07, 6.45) is 4.58.